The van der Waals surface area contributed by atoms with Gasteiger partial charge in [-0.1, -0.05) is 65.3 Å². The molecule has 0 fully saturated rings. The maximum absolute atomic E-state index is 3.67. The van der Waals surface area contributed by atoms with Crippen molar-refractivity contribution in [1.29, 1.82) is 0 Å². The molecule has 0 N–H and O–H groups in total. The summed E-state index contributed by atoms with van der Waals surface area (Å²) in [6.07, 6.45) is 1.03. The Bertz CT molecular complexity index is 1210. The fourth-order valence-corrected chi connectivity index (χ4v) is 4.75. The van der Waals surface area contributed by atoms with Gasteiger partial charge in [0.25, 0.3) is 0 Å². The third-order valence-corrected chi connectivity index (χ3v) is 7.54. The number of rotatable bonds is 1. The minimum absolute atomic E-state index is 0. The van der Waals surface area contributed by atoms with Gasteiger partial charge in [-0.2, -0.15) is 42.0 Å². The zero-order chi connectivity index (χ0) is 26.5. The molecule has 0 saturated carbocycles. The van der Waals surface area contributed by atoms with E-state index in [1.165, 1.54) is 71.7 Å². The SMILES string of the molecule is CC(C)(C)c1[c-]c2c(cc1)-c1ccc(C(C)(C)C)cc1C2.C[C](=[Hf+2])c1ccc(C)cc1.[Cl-].[Cl-].c1cc[cH-]c1. The van der Waals surface area contributed by atoms with Crippen LogP contribution in [0.15, 0.2) is 84.9 Å². The molecule has 0 unspecified atom stereocenters. The van der Waals surface area contributed by atoms with Gasteiger partial charge in [0.2, 0.25) is 0 Å². The van der Waals surface area contributed by atoms with Crippen molar-refractivity contribution in [2.75, 3.05) is 0 Å². The third kappa shape index (κ3) is 9.51. The quantitative estimate of drug-likeness (QED) is 0.186. The molecule has 38 heavy (non-hydrogen) atoms. The summed E-state index contributed by atoms with van der Waals surface area (Å²) < 4.78 is 1.51. The van der Waals surface area contributed by atoms with Gasteiger partial charge in [-0.15, -0.1) is 11.1 Å². The van der Waals surface area contributed by atoms with Crippen LogP contribution in [0.25, 0.3) is 11.1 Å². The molecule has 4 aromatic rings. The Morgan fingerprint density at radius 1 is 0.789 bits per heavy atom. The molecule has 5 rings (SSSR count). The van der Waals surface area contributed by atoms with Crippen LogP contribution in [-0.2, 0) is 41.1 Å². The van der Waals surface area contributed by atoms with Crippen molar-refractivity contribution in [2.24, 2.45) is 0 Å². The van der Waals surface area contributed by atoms with Crippen molar-refractivity contribution < 1.29 is 48.7 Å². The number of hydrogen-bond donors (Lipinski definition) is 0. The standard InChI is InChI=1S/C21H25.C9H10.C5H5.2ClH.Hf/c1-20(2,3)16-7-9-18-14(12-16)11-15-13-17(21(4,5)6)8-10-19(15)18;1-3-9-6-4-8(2)5-7-9;1-2-4-5-3-1;;;/h7-10,12H,11H2,1-6H3;4-7H,1-2H3;1-5H;2*1H;/q-1;;-1;;;+2/p-2. The first-order valence-corrected chi connectivity index (χ1v) is 14.6. The molecule has 200 valence electrons. The Morgan fingerprint density at radius 3 is 1.84 bits per heavy atom. The van der Waals surface area contributed by atoms with Crippen LogP contribution in [-0.4, -0.2) is 3.26 Å². The van der Waals surface area contributed by atoms with Crippen LogP contribution in [0.5, 0.6) is 0 Å². The van der Waals surface area contributed by atoms with E-state index < -0.39 is 0 Å². The zero-order valence-corrected chi connectivity index (χ0v) is 29.2. The summed E-state index contributed by atoms with van der Waals surface area (Å²) in [5.74, 6) is 0. The molecule has 0 aliphatic heterocycles. The number of hydrogen-bond acceptors (Lipinski definition) is 0. The van der Waals surface area contributed by atoms with E-state index in [-0.39, 0.29) is 35.6 Å². The third-order valence-electron chi connectivity index (χ3n) is 6.50. The summed E-state index contributed by atoms with van der Waals surface area (Å²) >= 11 is 1.17. The molecule has 0 aromatic heterocycles. The van der Waals surface area contributed by atoms with E-state index in [1.807, 2.05) is 30.3 Å². The van der Waals surface area contributed by atoms with Gasteiger partial charge in [0.15, 0.2) is 0 Å². The fourth-order valence-electron chi connectivity index (χ4n) is 4.15. The smallest absolute Gasteiger partial charge is 0.172 e. The minimum atomic E-state index is 0. The number of benzene rings is 3. The predicted molar refractivity (Wildman–Crippen MR) is 154 cm³/mol. The molecule has 0 bridgehead atoms. The first-order chi connectivity index (χ1) is 16.9. The fraction of sp³-hybridized carbons (Fsp3) is 0.314. The summed E-state index contributed by atoms with van der Waals surface area (Å²) in [5.41, 5.74) is 11.4. The van der Waals surface area contributed by atoms with E-state index in [1.54, 1.807) is 0 Å². The summed E-state index contributed by atoms with van der Waals surface area (Å²) in [5, 5.41) is 0. The van der Waals surface area contributed by atoms with Crippen molar-refractivity contribution in [2.45, 2.75) is 72.6 Å². The molecule has 0 atom stereocenters. The van der Waals surface area contributed by atoms with E-state index in [9.17, 15) is 0 Å². The Morgan fingerprint density at radius 2 is 1.37 bits per heavy atom. The maximum atomic E-state index is 3.67. The second-order valence-electron chi connectivity index (χ2n) is 11.8. The van der Waals surface area contributed by atoms with Crippen LogP contribution in [0.4, 0.5) is 0 Å². The first-order valence-electron chi connectivity index (χ1n) is 12.8. The average molecular weight is 710 g/mol. The van der Waals surface area contributed by atoms with Gasteiger partial charge in [0.05, 0.1) is 0 Å². The van der Waals surface area contributed by atoms with E-state index in [0.717, 1.165) is 6.42 Å². The van der Waals surface area contributed by atoms with Gasteiger partial charge < -0.3 is 24.8 Å². The number of halogens is 2. The summed E-state index contributed by atoms with van der Waals surface area (Å²) in [4.78, 5) is 0. The van der Waals surface area contributed by atoms with Crippen molar-refractivity contribution in [1.82, 2.24) is 0 Å². The van der Waals surface area contributed by atoms with Gasteiger partial charge in [-0.05, 0) is 28.4 Å². The van der Waals surface area contributed by atoms with Crippen LogP contribution >= 0.6 is 0 Å². The Hall–Kier alpha value is -1.67. The van der Waals surface area contributed by atoms with Gasteiger partial charge in [-0.25, -0.2) is 12.1 Å². The van der Waals surface area contributed by atoms with E-state index in [2.05, 4.69) is 116 Å². The maximum Gasteiger partial charge on any atom is -0.172 e. The predicted octanol–water partition coefficient (Wildman–Crippen LogP) is 3.15. The monoisotopic (exact) mass is 710 g/mol. The van der Waals surface area contributed by atoms with Gasteiger partial charge in [0.1, 0.15) is 0 Å². The zero-order valence-electron chi connectivity index (χ0n) is 24.0. The molecule has 4 aromatic carbocycles. The average Bonchev–Trinajstić information content (AvgIpc) is 3.49. The summed E-state index contributed by atoms with van der Waals surface area (Å²) in [7, 11) is 0. The van der Waals surface area contributed by atoms with Crippen LogP contribution in [0.1, 0.15) is 81.8 Å². The van der Waals surface area contributed by atoms with Crippen LogP contribution in [0.2, 0.25) is 0 Å². The second kappa shape index (κ2) is 14.6. The second-order valence-corrected chi connectivity index (χ2v) is 14.5. The largest absolute Gasteiger partial charge is 1.00 e. The Balaban J connectivity index is 0.000000354. The van der Waals surface area contributed by atoms with Gasteiger partial charge in [-0.3, -0.25) is 0 Å². The number of fused-ring (bicyclic) bond motifs is 3. The molecular formula is C35H40Cl2Hf-2. The van der Waals surface area contributed by atoms with E-state index in [0.29, 0.717) is 0 Å². The van der Waals surface area contributed by atoms with E-state index >= 15 is 0 Å². The molecule has 0 amide bonds. The van der Waals surface area contributed by atoms with Crippen molar-refractivity contribution in [3.05, 3.63) is 124 Å². The summed E-state index contributed by atoms with van der Waals surface area (Å²) in [6.45, 7) is 17.9. The van der Waals surface area contributed by atoms with Gasteiger partial charge >= 0.3 is 76.4 Å². The molecule has 0 spiro atoms. The van der Waals surface area contributed by atoms with E-state index in [4.69, 9.17) is 0 Å². The Labute approximate surface area is 258 Å². The summed E-state index contributed by atoms with van der Waals surface area (Å²) in [6, 6.07) is 33.9. The first kappa shape index (κ1) is 34.4. The van der Waals surface area contributed by atoms with Crippen molar-refractivity contribution in [3.63, 3.8) is 0 Å². The van der Waals surface area contributed by atoms with Crippen LogP contribution in [0, 0.1) is 13.0 Å². The van der Waals surface area contributed by atoms with Crippen molar-refractivity contribution >= 4 is 3.26 Å². The van der Waals surface area contributed by atoms with Crippen LogP contribution in [0.3, 0.4) is 0 Å². The molecule has 0 nitrogen and oxygen atoms in total. The van der Waals surface area contributed by atoms with Crippen molar-refractivity contribution in [3.8, 4) is 11.1 Å². The molecule has 0 heterocycles. The molecule has 1 aliphatic rings. The van der Waals surface area contributed by atoms with Crippen LogP contribution < -0.4 is 24.8 Å². The topological polar surface area (TPSA) is 0 Å². The normalized spacial score (nSPS) is 11.3. The molecule has 0 saturated heterocycles. The Kier molecular flexibility index (Phi) is 13.2. The van der Waals surface area contributed by atoms with Gasteiger partial charge in [0, 0.05) is 0 Å². The number of aryl methyl sites for hydroxylation is 1. The molecule has 3 heteroatoms. The molecular weight excluding hydrogens is 670 g/mol. The minimum Gasteiger partial charge on any atom is -1.00 e. The molecule has 1 aliphatic carbocycles. The molecule has 0 radical (unpaired) electrons.